The van der Waals surface area contributed by atoms with Crippen LogP contribution in [0.25, 0.3) is 11.4 Å². The first-order valence-electron chi connectivity index (χ1n) is 9.45. The van der Waals surface area contributed by atoms with E-state index in [1.54, 1.807) is 67.9 Å². The van der Waals surface area contributed by atoms with Crippen molar-refractivity contribution in [2.24, 2.45) is 4.99 Å². The summed E-state index contributed by atoms with van der Waals surface area (Å²) < 4.78 is 5.12. The first kappa shape index (κ1) is 22.8. The maximum atomic E-state index is 11.7. The van der Waals surface area contributed by atoms with Gasteiger partial charge >= 0.3 is 0 Å². The molecular formula is C22H15Cl2N5O3S. The van der Waals surface area contributed by atoms with Gasteiger partial charge in [0.2, 0.25) is 5.16 Å². The molecule has 8 nitrogen and oxygen atoms in total. The van der Waals surface area contributed by atoms with E-state index in [2.05, 4.69) is 20.2 Å². The number of aromatic amines is 1. The third-order valence-corrected chi connectivity index (χ3v) is 5.95. The summed E-state index contributed by atoms with van der Waals surface area (Å²) in [4.78, 5) is 20.4. The van der Waals surface area contributed by atoms with Gasteiger partial charge in [-0.2, -0.15) is 0 Å². The molecule has 0 amide bonds. The first-order valence-corrected chi connectivity index (χ1v) is 11.0. The highest BCUT2D eigenvalue weighted by atomic mass is 35.5. The highest BCUT2D eigenvalue weighted by molar-refractivity contribution is 7.99. The summed E-state index contributed by atoms with van der Waals surface area (Å²) in [5.74, 6) is 1.16. The molecule has 0 spiro atoms. The molecule has 11 heteroatoms. The normalized spacial score (nSPS) is 11.1. The number of ether oxygens (including phenoxy) is 1. The van der Waals surface area contributed by atoms with Crippen molar-refractivity contribution in [2.75, 3.05) is 7.11 Å². The smallest absolute Gasteiger partial charge is 0.283 e. The lowest BCUT2D eigenvalue weighted by Gasteiger charge is -2.02. The van der Waals surface area contributed by atoms with Crippen molar-refractivity contribution in [3.63, 3.8) is 0 Å². The van der Waals surface area contributed by atoms with E-state index in [1.165, 1.54) is 6.07 Å². The van der Waals surface area contributed by atoms with E-state index < -0.39 is 4.92 Å². The van der Waals surface area contributed by atoms with Gasteiger partial charge in [-0.05, 0) is 65.9 Å². The van der Waals surface area contributed by atoms with Crippen molar-refractivity contribution < 1.29 is 9.66 Å². The number of hydrogen-bond donors (Lipinski definition) is 1. The number of halogens is 2. The predicted octanol–water partition coefficient (Wildman–Crippen LogP) is 6.60. The maximum Gasteiger partial charge on any atom is 0.283 e. The van der Waals surface area contributed by atoms with Crippen LogP contribution in [-0.2, 0) is 0 Å². The predicted molar refractivity (Wildman–Crippen MR) is 129 cm³/mol. The molecule has 0 aliphatic heterocycles. The highest BCUT2D eigenvalue weighted by Gasteiger charge is 2.18. The fourth-order valence-electron chi connectivity index (χ4n) is 2.85. The fraction of sp³-hybridized carbons (Fsp3) is 0.0455. The van der Waals surface area contributed by atoms with Gasteiger partial charge in [-0.25, -0.2) is 4.98 Å². The Morgan fingerprint density at radius 2 is 1.91 bits per heavy atom. The molecule has 0 saturated heterocycles. The van der Waals surface area contributed by atoms with Crippen molar-refractivity contribution in [1.82, 2.24) is 15.2 Å². The molecule has 0 fully saturated rings. The van der Waals surface area contributed by atoms with Gasteiger partial charge in [0.05, 0.1) is 27.6 Å². The zero-order valence-corrected chi connectivity index (χ0v) is 19.4. The van der Waals surface area contributed by atoms with E-state index in [0.717, 1.165) is 17.5 Å². The summed E-state index contributed by atoms with van der Waals surface area (Å²) in [5.41, 5.74) is 1.84. The number of methoxy groups -OCH3 is 1. The number of hydrogen-bond acceptors (Lipinski definition) is 7. The van der Waals surface area contributed by atoms with Crippen LogP contribution < -0.4 is 4.74 Å². The molecule has 4 aromatic rings. The van der Waals surface area contributed by atoms with Gasteiger partial charge < -0.3 is 4.74 Å². The summed E-state index contributed by atoms with van der Waals surface area (Å²) in [7, 11) is 1.59. The number of nitrogens with zero attached hydrogens (tertiary/aromatic N) is 4. The van der Waals surface area contributed by atoms with E-state index in [9.17, 15) is 10.1 Å². The summed E-state index contributed by atoms with van der Waals surface area (Å²) in [6.45, 7) is 0. The minimum Gasteiger partial charge on any atom is -0.497 e. The second-order valence-corrected chi connectivity index (χ2v) is 8.49. The third kappa shape index (κ3) is 5.51. The molecule has 0 saturated carbocycles. The molecule has 0 radical (unpaired) electrons. The fourth-order valence-corrected chi connectivity index (χ4v) is 4.15. The Labute approximate surface area is 202 Å². The van der Waals surface area contributed by atoms with Crippen LogP contribution in [0.5, 0.6) is 5.75 Å². The molecule has 1 N–H and O–H groups in total. The summed E-state index contributed by atoms with van der Waals surface area (Å²) in [5, 5.41) is 19.8. The van der Waals surface area contributed by atoms with Gasteiger partial charge in [-0.1, -0.05) is 29.3 Å². The minimum absolute atomic E-state index is 0.0745. The largest absolute Gasteiger partial charge is 0.497 e. The highest BCUT2D eigenvalue weighted by Crippen LogP contribution is 2.35. The standard InChI is InChI=1S/C22H15Cl2N5O3S/c1-32-16-6-4-15(5-7-16)25-12-13-2-9-20(19(10-13)29(30)31)33-22-26-21(27-28-22)17-8-3-14(23)11-18(17)24/h2-12H,1H3,(H,26,27,28). The Kier molecular flexibility index (Phi) is 6.93. The Morgan fingerprint density at radius 1 is 1.12 bits per heavy atom. The molecule has 3 aromatic carbocycles. The van der Waals surface area contributed by atoms with E-state index in [4.69, 9.17) is 27.9 Å². The zero-order chi connectivity index (χ0) is 23.4. The molecule has 0 unspecified atom stereocenters. The second kappa shape index (κ2) is 10.0. The van der Waals surface area contributed by atoms with Crippen LogP contribution in [-0.4, -0.2) is 33.4 Å². The van der Waals surface area contributed by atoms with Crippen LogP contribution in [0.1, 0.15) is 5.56 Å². The van der Waals surface area contributed by atoms with Crippen LogP contribution in [0.3, 0.4) is 0 Å². The Hall–Kier alpha value is -3.40. The van der Waals surface area contributed by atoms with Crippen LogP contribution in [0.2, 0.25) is 10.0 Å². The lowest BCUT2D eigenvalue weighted by Crippen LogP contribution is -1.93. The number of nitro groups is 1. The van der Waals surface area contributed by atoms with Gasteiger partial charge in [0.25, 0.3) is 5.69 Å². The molecule has 33 heavy (non-hydrogen) atoms. The molecule has 1 heterocycles. The molecule has 4 rings (SSSR count). The lowest BCUT2D eigenvalue weighted by molar-refractivity contribution is -0.387. The number of rotatable bonds is 7. The van der Waals surface area contributed by atoms with Crippen LogP contribution in [0.4, 0.5) is 11.4 Å². The number of H-pyrrole nitrogens is 1. The third-order valence-electron chi connectivity index (χ3n) is 4.47. The van der Waals surface area contributed by atoms with E-state index in [0.29, 0.717) is 42.7 Å². The van der Waals surface area contributed by atoms with Gasteiger partial charge in [-0.15, -0.1) is 5.10 Å². The van der Waals surface area contributed by atoms with Gasteiger partial charge in [-0.3, -0.25) is 20.2 Å². The van der Waals surface area contributed by atoms with Crippen molar-refractivity contribution in [1.29, 1.82) is 0 Å². The number of aliphatic imine (C=N–C) groups is 1. The topological polar surface area (TPSA) is 106 Å². The van der Waals surface area contributed by atoms with Crippen LogP contribution >= 0.6 is 35.0 Å². The van der Waals surface area contributed by atoms with E-state index >= 15 is 0 Å². The number of benzene rings is 3. The molecule has 1 aromatic heterocycles. The maximum absolute atomic E-state index is 11.7. The number of nitrogens with one attached hydrogen (secondary N) is 1. The van der Waals surface area contributed by atoms with Crippen molar-refractivity contribution >= 4 is 52.6 Å². The number of aromatic nitrogens is 3. The molecule has 0 aliphatic rings. The monoisotopic (exact) mass is 499 g/mol. The minimum atomic E-state index is -0.448. The Balaban J connectivity index is 1.55. The quantitative estimate of drug-likeness (QED) is 0.174. The van der Waals surface area contributed by atoms with Crippen molar-refractivity contribution in [3.05, 3.63) is 86.4 Å². The molecule has 0 bridgehead atoms. The van der Waals surface area contributed by atoms with Gasteiger partial charge in [0, 0.05) is 22.9 Å². The number of nitro benzene ring substituents is 1. The SMILES string of the molecule is COc1ccc(N=Cc2ccc(Sc3n[nH]c(-c4ccc(Cl)cc4Cl)n3)c([N+](=O)[O-])c2)cc1. The van der Waals surface area contributed by atoms with Crippen molar-refractivity contribution in [2.45, 2.75) is 10.1 Å². The summed E-state index contributed by atoms with van der Waals surface area (Å²) in [6.07, 6.45) is 1.57. The Morgan fingerprint density at radius 3 is 2.61 bits per heavy atom. The molecule has 166 valence electrons. The summed E-state index contributed by atoms with van der Waals surface area (Å²) in [6, 6.07) is 17.0. The van der Waals surface area contributed by atoms with E-state index in [-0.39, 0.29) is 5.69 Å². The van der Waals surface area contributed by atoms with Crippen LogP contribution in [0, 0.1) is 10.1 Å². The zero-order valence-electron chi connectivity index (χ0n) is 17.0. The average Bonchev–Trinajstić information content (AvgIpc) is 3.26. The van der Waals surface area contributed by atoms with Crippen LogP contribution in [0.15, 0.2) is 75.7 Å². The lowest BCUT2D eigenvalue weighted by atomic mass is 10.2. The Bertz CT molecular complexity index is 1340. The van der Waals surface area contributed by atoms with Gasteiger partial charge in [0.1, 0.15) is 5.75 Å². The van der Waals surface area contributed by atoms with Gasteiger partial charge in [0.15, 0.2) is 5.82 Å². The van der Waals surface area contributed by atoms with E-state index in [1.807, 2.05) is 0 Å². The first-order chi connectivity index (χ1) is 15.9. The molecule has 0 atom stereocenters. The molecular weight excluding hydrogens is 485 g/mol. The molecule has 0 aliphatic carbocycles. The summed E-state index contributed by atoms with van der Waals surface area (Å²) >= 11 is 13.2. The van der Waals surface area contributed by atoms with Crippen molar-refractivity contribution in [3.8, 4) is 17.1 Å². The second-order valence-electron chi connectivity index (χ2n) is 6.63. The average molecular weight is 500 g/mol.